The van der Waals surface area contributed by atoms with E-state index in [1.165, 1.54) is 23.9 Å². The number of carbonyl (C=O) groups excluding carboxylic acids is 3. The minimum absolute atomic E-state index is 0.294. The molecule has 22 heavy (non-hydrogen) atoms. The Hall–Kier alpha value is -2.19. The minimum atomic E-state index is -0.761. The molecule has 0 aromatic carbocycles. The van der Waals surface area contributed by atoms with Gasteiger partial charge in [0, 0.05) is 14.1 Å². The number of likely N-dealkylation sites (N-methyl/N-ethyl adjacent to an activating group) is 2. The Morgan fingerprint density at radius 1 is 0.909 bits per heavy atom. The van der Waals surface area contributed by atoms with Crippen molar-refractivity contribution in [3.05, 3.63) is 0 Å². The molecule has 1 fully saturated rings. The molecule has 0 aromatic rings. The molecular weight excluding hydrogens is 292 g/mol. The van der Waals surface area contributed by atoms with Crippen LogP contribution in [0.2, 0.25) is 0 Å². The molecule has 1 heterocycles. The Bertz CT molecular complexity index is 402. The largest absolute Gasteiger partial charge is 0.447 e. The van der Waals surface area contributed by atoms with Gasteiger partial charge >= 0.3 is 18.2 Å². The van der Waals surface area contributed by atoms with E-state index in [1.54, 1.807) is 27.7 Å². The van der Waals surface area contributed by atoms with Gasteiger partial charge in [-0.2, -0.15) is 0 Å². The van der Waals surface area contributed by atoms with Crippen molar-refractivity contribution in [3.8, 4) is 0 Å². The molecule has 126 valence electrons. The lowest BCUT2D eigenvalue weighted by molar-refractivity contribution is 0.0891. The van der Waals surface area contributed by atoms with Crippen molar-refractivity contribution in [2.45, 2.75) is 52.2 Å². The van der Waals surface area contributed by atoms with Crippen molar-refractivity contribution in [1.29, 1.82) is 0 Å². The second kappa shape index (κ2) is 7.19. The van der Waals surface area contributed by atoms with Crippen LogP contribution in [-0.2, 0) is 9.47 Å². The first-order chi connectivity index (χ1) is 10.1. The van der Waals surface area contributed by atoms with Gasteiger partial charge in [0.25, 0.3) is 0 Å². The number of nitrogens with one attached hydrogen (secondary N) is 2. The summed E-state index contributed by atoms with van der Waals surface area (Å²) in [7, 11) is 3.04. The molecule has 1 saturated heterocycles. The molecule has 4 amide bonds. The summed E-state index contributed by atoms with van der Waals surface area (Å²) in [5.41, 5.74) is 0. The molecule has 0 unspecified atom stereocenters. The molecule has 0 aromatic heterocycles. The van der Waals surface area contributed by atoms with Crippen LogP contribution < -0.4 is 10.6 Å². The van der Waals surface area contributed by atoms with Crippen LogP contribution in [0.3, 0.4) is 0 Å². The molecule has 2 atom stereocenters. The Balaban J connectivity index is 2.79. The van der Waals surface area contributed by atoms with Crippen molar-refractivity contribution in [2.75, 3.05) is 14.1 Å². The van der Waals surface area contributed by atoms with E-state index in [2.05, 4.69) is 10.6 Å². The Morgan fingerprint density at radius 3 is 1.50 bits per heavy atom. The van der Waals surface area contributed by atoms with Crippen LogP contribution >= 0.6 is 0 Å². The van der Waals surface area contributed by atoms with Crippen LogP contribution in [0.1, 0.15) is 27.7 Å². The van der Waals surface area contributed by atoms with E-state index in [0.717, 1.165) is 0 Å². The molecule has 9 nitrogen and oxygen atoms in total. The summed E-state index contributed by atoms with van der Waals surface area (Å²) in [4.78, 5) is 38.1. The highest BCUT2D eigenvalue weighted by Crippen LogP contribution is 2.16. The molecular formula is C13H24N4O5. The fourth-order valence-corrected chi connectivity index (χ4v) is 2.00. The van der Waals surface area contributed by atoms with Gasteiger partial charge in [0.15, 0.2) is 0 Å². The zero-order valence-electron chi connectivity index (χ0n) is 13.7. The fraction of sp³-hybridized carbons (Fsp3) is 0.769. The van der Waals surface area contributed by atoms with Crippen LogP contribution in [0.25, 0.3) is 0 Å². The van der Waals surface area contributed by atoms with Crippen molar-refractivity contribution >= 4 is 18.2 Å². The minimum Gasteiger partial charge on any atom is -0.447 e. The predicted octanol–water partition coefficient (Wildman–Crippen LogP) is 0.905. The number of ether oxygens (including phenoxy) is 2. The number of nitrogens with zero attached hydrogens (tertiary/aromatic N) is 2. The third kappa shape index (κ3) is 4.40. The second-order valence-electron chi connectivity index (χ2n) is 5.59. The molecule has 1 aliphatic heterocycles. The van der Waals surface area contributed by atoms with Crippen LogP contribution in [-0.4, -0.2) is 66.7 Å². The summed E-state index contributed by atoms with van der Waals surface area (Å²) < 4.78 is 10.00. The number of hydrogen-bond donors (Lipinski definition) is 2. The zero-order valence-corrected chi connectivity index (χ0v) is 13.7. The molecule has 0 saturated carbocycles. The number of rotatable bonds is 4. The Morgan fingerprint density at radius 2 is 1.23 bits per heavy atom. The van der Waals surface area contributed by atoms with Gasteiger partial charge in [-0.1, -0.05) is 0 Å². The number of carbonyl (C=O) groups is 3. The van der Waals surface area contributed by atoms with E-state index in [4.69, 9.17) is 9.47 Å². The zero-order chi connectivity index (χ0) is 17.0. The Kier molecular flexibility index (Phi) is 5.84. The van der Waals surface area contributed by atoms with Crippen LogP contribution in [0.4, 0.5) is 14.4 Å². The van der Waals surface area contributed by atoms with Crippen molar-refractivity contribution in [1.82, 2.24) is 20.4 Å². The molecule has 1 rings (SSSR count). The summed E-state index contributed by atoms with van der Waals surface area (Å²) in [6, 6.07) is -0.343. The highest BCUT2D eigenvalue weighted by atomic mass is 16.6. The van der Waals surface area contributed by atoms with E-state index in [9.17, 15) is 14.4 Å². The number of alkyl carbamates (subject to hydrolysis) is 2. The molecule has 1 aliphatic rings. The lowest BCUT2D eigenvalue weighted by Crippen LogP contribution is -2.57. The van der Waals surface area contributed by atoms with E-state index in [0.29, 0.717) is 0 Å². The quantitative estimate of drug-likeness (QED) is 0.803. The number of amides is 4. The Labute approximate surface area is 129 Å². The molecule has 0 aliphatic carbocycles. The first-order valence-electron chi connectivity index (χ1n) is 7.07. The maximum absolute atomic E-state index is 12.0. The average molecular weight is 316 g/mol. The fourth-order valence-electron chi connectivity index (χ4n) is 2.00. The first-order valence-corrected chi connectivity index (χ1v) is 7.07. The van der Waals surface area contributed by atoms with E-state index < -0.39 is 24.5 Å². The smallest absolute Gasteiger partial charge is 0.409 e. The SMILES string of the molecule is CC(C)OC(=O)N[C@@H]1[C@H](NC(=O)OC(C)C)N(C)C(=O)N1C. The monoisotopic (exact) mass is 316 g/mol. The van der Waals surface area contributed by atoms with Crippen molar-refractivity contribution in [3.63, 3.8) is 0 Å². The van der Waals surface area contributed by atoms with Gasteiger partial charge in [-0.3, -0.25) is 10.6 Å². The van der Waals surface area contributed by atoms with Gasteiger partial charge < -0.3 is 19.3 Å². The number of hydrogen-bond acceptors (Lipinski definition) is 5. The third-order valence-electron chi connectivity index (χ3n) is 2.95. The van der Waals surface area contributed by atoms with Gasteiger partial charge in [0.1, 0.15) is 12.3 Å². The number of urea groups is 1. The van der Waals surface area contributed by atoms with Gasteiger partial charge in [-0.25, -0.2) is 14.4 Å². The van der Waals surface area contributed by atoms with E-state index in [-0.39, 0.29) is 18.2 Å². The topological polar surface area (TPSA) is 100 Å². The maximum Gasteiger partial charge on any atom is 0.409 e. The standard InChI is InChI=1S/C13H24N4O5/c1-7(2)21-11(18)14-9-10(15-12(19)22-8(3)4)17(6)13(20)16(9)5/h7-10H,1-6H3,(H,14,18)(H,15,19)/t9-,10+. The normalized spacial score (nSPS) is 21.4. The first kappa shape index (κ1) is 17.9. The summed E-state index contributed by atoms with van der Waals surface area (Å²) in [6.07, 6.45) is -3.44. The van der Waals surface area contributed by atoms with Crippen molar-refractivity contribution < 1.29 is 23.9 Å². The lowest BCUT2D eigenvalue weighted by atomic mass is 10.3. The summed E-state index contributed by atoms with van der Waals surface area (Å²) >= 11 is 0. The second-order valence-corrected chi connectivity index (χ2v) is 5.59. The van der Waals surface area contributed by atoms with E-state index in [1.807, 2.05) is 0 Å². The highest BCUT2D eigenvalue weighted by Gasteiger charge is 2.44. The summed E-state index contributed by atoms with van der Waals surface area (Å²) in [5, 5.41) is 5.12. The van der Waals surface area contributed by atoms with Crippen molar-refractivity contribution in [2.24, 2.45) is 0 Å². The molecule has 9 heteroatoms. The van der Waals surface area contributed by atoms with Gasteiger partial charge in [-0.05, 0) is 27.7 Å². The van der Waals surface area contributed by atoms with Gasteiger partial charge in [0.05, 0.1) is 12.2 Å². The van der Waals surface area contributed by atoms with Crippen LogP contribution in [0.15, 0.2) is 0 Å². The van der Waals surface area contributed by atoms with Crippen LogP contribution in [0.5, 0.6) is 0 Å². The summed E-state index contributed by atoms with van der Waals surface area (Å²) in [6.45, 7) is 6.85. The molecule has 2 N–H and O–H groups in total. The molecule has 0 bridgehead atoms. The maximum atomic E-state index is 12.0. The van der Waals surface area contributed by atoms with Crippen LogP contribution in [0, 0.1) is 0 Å². The predicted molar refractivity (Wildman–Crippen MR) is 78.0 cm³/mol. The molecule has 0 radical (unpaired) electrons. The average Bonchev–Trinajstić information content (AvgIpc) is 2.54. The lowest BCUT2D eigenvalue weighted by Gasteiger charge is -2.26. The van der Waals surface area contributed by atoms with E-state index >= 15 is 0 Å². The molecule has 0 spiro atoms. The highest BCUT2D eigenvalue weighted by molar-refractivity contribution is 5.80. The van der Waals surface area contributed by atoms with Gasteiger partial charge in [0.2, 0.25) is 0 Å². The van der Waals surface area contributed by atoms with Gasteiger partial charge in [-0.15, -0.1) is 0 Å². The summed E-state index contributed by atoms with van der Waals surface area (Å²) in [5.74, 6) is 0. The third-order valence-corrected chi connectivity index (χ3v) is 2.95.